The lowest BCUT2D eigenvalue weighted by atomic mass is 10.2. The van der Waals surface area contributed by atoms with Gasteiger partial charge in [0.25, 0.3) is 0 Å². The Balaban J connectivity index is 2.02. The first-order chi connectivity index (χ1) is 5.92. The predicted octanol–water partition coefficient (Wildman–Crippen LogP) is 2.08. The monoisotopic (exact) mass is 178 g/mol. The first-order valence-corrected chi connectivity index (χ1v) is 4.59. The maximum atomic E-state index is 3.02. The van der Waals surface area contributed by atoms with Crippen LogP contribution in [-0.4, -0.2) is 11.4 Å². The summed E-state index contributed by atoms with van der Waals surface area (Å²) in [6.45, 7) is 0. The minimum absolute atomic E-state index is 1.28. The van der Waals surface area contributed by atoms with Crippen molar-refractivity contribution in [1.29, 1.82) is 0 Å². The molecule has 1 aromatic carbocycles. The molecule has 1 heterocycles. The molecule has 0 aliphatic carbocycles. The van der Waals surface area contributed by atoms with Gasteiger partial charge < -0.3 is 0 Å². The molecule has 12 heavy (non-hydrogen) atoms. The first-order valence-electron chi connectivity index (χ1n) is 3.82. The highest BCUT2D eigenvalue weighted by molar-refractivity contribution is 7.95. The van der Waals surface area contributed by atoms with E-state index in [1.165, 1.54) is 11.3 Å². The molecule has 0 atom stereocenters. The molecule has 1 N–H and O–H groups in total. The highest BCUT2D eigenvalue weighted by atomic mass is 32.2. The van der Waals surface area contributed by atoms with Gasteiger partial charge in [-0.25, -0.2) is 4.72 Å². The molecule has 0 aromatic heterocycles. The molecule has 3 heteroatoms. The Kier molecular flexibility index (Phi) is 2.06. The van der Waals surface area contributed by atoms with Crippen molar-refractivity contribution in [2.24, 2.45) is 0 Å². The van der Waals surface area contributed by atoms with E-state index in [1.807, 2.05) is 13.1 Å². The maximum Gasteiger partial charge on any atom is 0.0776 e. The zero-order chi connectivity index (χ0) is 8.39. The molecule has 0 fully saturated rings. The molecule has 2 rings (SSSR count). The number of hydrogen-bond acceptors (Lipinski definition) is 3. The summed E-state index contributed by atoms with van der Waals surface area (Å²) in [4.78, 5) is 0. The molecule has 1 aliphatic rings. The number of benzene rings is 1. The summed E-state index contributed by atoms with van der Waals surface area (Å²) in [6.07, 6.45) is 2.11. The van der Waals surface area contributed by atoms with Crippen LogP contribution in [0.5, 0.6) is 0 Å². The van der Waals surface area contributed by atoms with Gasteiger partial charge in [-0.05, 0) is 7.05 Å². The van der Waals surface area contributed by atoms with Gasteiger partial charge in [-0.3, -0.25) is 4.31 Å². The standard InChI is InChI=1S/C9H10N2S/c1-10-12-11-7-9(11)8-5-3-2-4-6-8/h2-7,10H,1H3. The molecule has 0 saturated carbocycles. The lowest BCUT2D eigenvalue weighted by molar-refractivity contribution is 1.03. The van der Waals surface area contributed by atoms with Gasteiger partial charge in [0.1, 0.15) is 0 Å². The van der Waals surface area contributed by atoms with Crippen LogP contribution in [0, 0.1) is 0 Å². The van der Waals surface area contributed by atoms with E-state index >= 15 is 0 Å². The van der Waals surface area contributed by atoms with Crippen LogP contribution in [0.25, 0.3) is 5.70 Å². The van der Waals surface area contributed by atoms with Crippen LogP contribution in [-0.2, 0) is 0 Å². The van der Waals surface area contributed by atoms with Crippen molar-refractivity contribution in [3.63, 3.8) is 0 Å². The fraction of sp³-hybridized carbons (Fsp3) is 0.111. The summed E-state index contributed by atoms with van der Waals surface area (Å²) in [5.74, 6) is 0. The van der Waals surface area contributed by atoms with Gasteiger partial charge in [-0.15, -0.1) is 0 Å². The van der Waals surface area contributed by atoms with Crippen LogP contribution in [0.15, 0.2) is 36.5 Å². The van der Waals surface area contributed by atoms with E-state index in [0.29, 0.717) is 0 Å². The molecule has 0 saturated heterocycles. The number of rotatable bonds is 3. The molecular formula is C9H10N2S. The molecular weight excluding hydrogens is 168 g/mol. The quantitative estimate of drug-likeness (QED) is 0.713. The molecule has 0 radical (unpaired) electrons. The number of nitrogens with zero attached hydrogens (tertiary/aromatic N) is 1. The highest BCUT2D eigenvalue weighted by Gasteiger charge is 2.22. The van der Waals surface area contributed by atoms with Crippen molar-refractivity contribution in [2.45, 2.75) is 0 Å². The lowest BCUT2D eigenvalue weighted by Crippen LogP contribution is -1.98. The second-order valence-corrected chi connectivity index (χ2v) is 3.49. The Hall–Kier alpha value is -0.930. The Morgan fingerprint density at radius 1 is 1.25 bits per heavy atom. The van der Waals surface area contributed by atoms with E-state index in [1.54, 1.807) is 12.1 Å². The van der Waals surface area contributed by atoms with E-state index in [-0.39, 0.29) is 0 Å². The van der Waals surface area contributed by atoms with Crippen molar-refractivity contribution in [3.05, 3.63) is 42.1 Å². The summed E-state index contributed by atoms with van der Waals surface area (Å²) in [7, 11) is 1.92. The Bertz CT molecular complexity index is 295. The summed E-state index contributed by atoms with van der Waals surface area (Å²) < 4.78 is 5.13. The minimum Gasteiger partial charge on any atom is -0.275 e. The molecule has 1 aromatic rings. The molecule has 0 bridgehead atoms. The number of nitrogens with one attached hydrogen (secondary N) is 1. The third-order valence-corrected chi connectivity index (χ3v) is 2.35. The summed E-state index contributed by atoms with van der Waals surface area (Å²) in [5, 5.41) is 0. The van der Waals surface area contributed by atoms with Crippen molar-refractivity contribution >= 4 is 17.8 Å². The lowest BCUT2D eigenvalue weighted by Gasteiger charge is -2.01. The Morgan fingerprint density at radius 3 is 2.67 bits per heavy atom. The summed E-state index contributed by atoms with van der Waals surface area (Å²) in [6, 6.07) is 10.4. The fourth-order valence-electron chi connectivity index (χ4n) is 1.07. The van der Waals surface area contributed by atoms with Crippen molar-refractivity contribution in [1.82, 2.24) is 9.03 Å². The summed E-state index contributed by atoms with van der Waals surface area (Å²) >= 11 is 1.59. The second kappa shape index (κ2) is 3.21. The van der Waals surface area contributed by atoms with Gasteiger partial charge in [0.2, 0.25) is 0 Å². The van der Waals surface area contributed by atoms with Gasteiger partial charge in [0.05, 0.1) is 5.70 Å². The van der Waals surface area contributed by atoms with Gasteiger partial charge >= 0.3 is 0 Å². The van der Waals surface area contributed by atoms with Gasteiger partial charge in [0.15, 0.2) is 0 Å². The Morgan fingerprint density at radius 2 is 2.00 bits per heavy atom. The zero-order valence-corrected chi connectivity index (χ0v) is 7.64. The minimum atomic E-state index is 1.28. The zero-order valence-electron chi connectivity index (χ0n) is 6.82. The molecule has 0 spiro atoms. The average Bonchev–Trinajstić information content (AvgIpc) is 2.87. The largest absolute Gasteiger partial charge is 0.275 e. The van der Waals surface area contributed by atoms with E-state index < -0.39 is 0 Å². The average molecular weight is 178 g/mol. The van der Waals surface area contributed by atoms with Crippen molar-refractivity contribution in [3.8, 4) is 0 Å². The predicted molar refractivity (Wildman–Crippen MR) is 52.9 cm³/mol. The van der Waals surface area contributed by atoms with Crippen LogP contribution in [0.1, 0.15) is 5.56 Å². The van der Waals surface area contributed by atoms with E-state index in [4.69, 9.17) is 0 Å². The van der Waals surface area contributed by atoms with Crippen LogP contribution >= 0.6 is 12.1 Å². The molecule has 1 aliphatic heterocycles. The molecule has 0 unspecified atom stereocenters. The summed E-state index contributed by atoms with van der Waals surface area (Å²) in [5.41, 5.74) is 2.57. The second-order valence-electron chi connectivity index (χ2n) is 2.50. The SMILES string of the molecule is CNSN1C=C1c1ccccc1. The third-order valence-electron chi connectivity index (χ3n) is 1.67. The fourth-order valence-corrected chi connectivity index (χ4v) is 1.62. The van der Waals surface area contributed by atoms with Gasteiger partial charge in [0, 0.05) is 23.9 Å². The van der Waals surface area contributed by atoms with Crippen LogP contribution in [0.4, 0.5) is 0 Å². The number of hydrogen-bond donors (Lipinski definition) is 1. The van der Waals surface area contributed by atoms with Crippen molar-refractivity contribution < 1.29 is 0 Å². The molecule has 0 amide bonds. The molecule has 62 valence electrons. The molecule has 2 nitrogen and oxygen atoms in total. The first kappa shape index (κ1) is 7.71. The Labute approximate surface area is 76.5 Å². The van der Waals surface area contributed by atoms with Crippen molar-refractivity contribution in [2.75, 3.05) is 7.05 Å². The van der Waals surface area contributed by atoms with E-state index in [2.05, 4.69) is 39.5 Å². The normalized spacial score (nSPS) is 14.4. The van der Waals surface area contributed by atoms with Crippen LogP contribution in [0.2, 0.25) is 0 Å². The van der Waals surface area contributed by atoms with Crippen LogP contribution in [0.3, 0.4) is 0 Å². The van der Waals surface area contributed by atoms with Gasteiger partial charge in [-0.1, -0.05) is 30.3 Å². The topological polar surface area (TPSA) is 15.0 Å². The third kappa shape index (κ3) is 1.47. The van der Waals surface area contributed by atoms with Crippen LogP contribution < -0.4 is 4.72 Å². The van der Waals surface area contributed by atoms with E-state index in [0.717, 1.165) is 0 Å². The smallest absolute Gasteiger partial charge is 0.0776 e. The van der Waals surface area contributed by atoms with E-state index in [9.17, 15) is 0 Å². The van der Waals surface area contributed by atoms with Gasteiger partial charge in [-0.2, -0.15) is 0 Å². The maximum absolute atomic E-state index is 3.02. The highest BCUT2D eigenvalue weighted by Crippen LogP contribution is 2.36.